The number of morpholine rings is 1. The lowest BCUT2D eigenvalue weighted by Crippen LogP contribution is -2.38. The maximum absolute atomic E-state index is 12.5. The highest BCUT2D eigenvalue weighted by molar-refractivity contribution is 6.05. The van der Waals surface area contributed by atoms with Gasteiger partial charge in [-0.15, -0.1) is 0 Å². The molecule has 5 rings (SSSR count). The summed E-state index contributed by atoms with van der Waals surface area (Å²) in [7, 11) is 0. The highest BCUT2D eigenvalue weighted by Gasteiger charge is 2.23. The van der Waals surface area contributed by atoms with Crippen molar-refractivity contribution in [1.29, 1.82) is 0 Å². The molecule has 161 valence electrons. The molecule has 1 aromatic heterocycles. The second-order valence-corrected chi connectivity index (χ2v) is 8.03. The Morgan fingerprint density at radius 2 is 2.00 bits per heavy atom. The van der Waals surface area contributed by atoms with Gasteiger partial charge in [0.2, 0.25) is 0 Å². The number of benzene rings is 1. The highest BCUT2D eigenvalue weighted by Crippen LogP contribution is 2.29. The normalized spacial score (nSPS) is 20.7. The fourth-order valence-corrected chi connectivity index (χ4v) is 4.23. The Labute approximate surface area is 182 Å². The Bertz CT molecular complexity index is 963. The number of anilines is 4. The van der Waals surface area contributed by atoms with Crippen LogP contribution in [0.4, 0.5) is 23.0 Å². The first-order valence-corrected chi connectivity index (χ1v) is 10.9. The molecular weight excluding hydrogens is 392 g/mol. The van der Waals surface area contributed by atoms with E-state index in [4.69, 9.17) is 9.72 Å². The second-order valence-electron chi connectivity index (χ2n) is 8.03. The fourth-order valence-electron chi connectivity index (χ4n) is 4.23. The molecule has 8 heteroatoms. The van der Waals surface area contributed by atoms with E-state index < -0.39 is 0 Å². The van der Waals surface area contributed by atoms with Crippen LogP contribution in [0.3, 0.4) is 0 Å². The van der Waals surface area contributed by atoms with Crippen LogP contribution in [0.1, 0.15) is 28.8 Å². The van der Waals surface area contributed by atoms with Crippen molar-refractivity contribution in [3.8, 4) is 0 Å². The van der Waals surface area contributed by atoms with Crippen LogP contribution in [0, 0.1) is 0 Å². The van der Waals surface area contributed by atoms with Gasteiger partial charge in [0.15, 0.2) is 0 Å². The molecule has 4 heterocycles. The Balaban J connectivity index is 1.39. The van der Waals surface area contributed by atoms with Crippen molar-refractivity contribution in [2.45, 2.75) is 18.9 Å². The molecule has 31 heavy (non-hydrogen) atoms. The third-order valence-corrected chi connectivity index (χ3v) is 5.86. The number of amides is 1. The van der Waals surface area contributed by atoms with Crippen molar-refractivity contribution in [3.63, 3.8) is 0 Å². The number of nitrogens with zero attached hydrogens (tertiary/aromatic N) is 3. The van der Waals surface area contributed by atoms with Gasteiger partial charge in [-0.05, 0) is 61.4 Å². The molecule has 0 bridgehead atoms. The SMILES string of the molecule is O=C1[N]C=Cc2cc(N[C@@H]3CCCNC3)nc(Nc3ccc(N4CCOCC4)cc3)c21. The zero-order valence-electron chi connectivity index (χ0n) is 17.4. The summed E-state index contributed by atoms with van der Waals surface area (Å²) in [5.41, 5.74) is 3.38. The molecule has 0 unspecified atom stereocenters. The quantitative estimate of drug-likeness (QED) is 0.686. The summed E-state index contributed by atoms with van der Waals surface area (Å²) in [6, 6.07) is 10.5. The van der Waals surface area contributed by atoms with Crippen molar-refractivity contribution >= 4 is 35.0 Å². The molecule has 3 aliphatic heterocycles. The van der Waals surface area contributed by atoms with Crippen LogP contribution in [0.15, 0.2) is 36.5 Å². The molecule has 0 aliphatic carbocycles. The smallest absolute Gasteiger partial charge is 0.281 e. The topological polar surface area (TPSA) is 92.6 Å². The van der Waals surface area contributed by atoms with E-state index in [2.05, 4.69) is 38.3 Å². The number of hydrogen-bond donors (Lipinski definition) is 3. The van der Waals surface area contributed by atoms with Crippen LogP contribution in [0.2, 0.25) is 0 Å². The number of ether oxygens (including phenoxy) is 1. The van der Waals surface area contributed by atoms with E-state index in [1.807, 2.05) is 24.3 Å². The minimum absolute atomic E-state index is 0.275. The van der Waals surface area contributed by atoms with Crippen molar-refractivity contribution in [2.24, 2.45) is 0 Å². The van der Waals surface area contributed by atoms with E-state index in [1.165, 1.54) is 0 Å². The van der Waals surface area contributed by atoms with Gasteiger partial charge in [0, 0.05) is 43.3 Å². The van der Waals surface area contributed by atoms with Crippen LogP contribution >= 0.6 is 0 Å². The van der Waals surface area contributed by atoms with E-state index in [9.17, 15) is 4.79 Å². The van der Waals surface area contributed by atoms with Crippen molar-refractivity contribution in [1.82, 2.24) is 15.6 Å². The van der Waals surface area contributed by atoms with Crippen molar-refractivity contribution in [3.05, 3.63) is 47.7 Å². The predicted molar refractivity (Wildman–Crippen MR) is 122 cm³/mol. The molecule has 0 spiro atoms. The number of carbonyl (C=O) groups excluding carboxylic acids is 1. The summed E-state index contributed by atoms with van der Waals surface area (Å²) in [5.74, 6) is 1.02. The number of aromatic nitrogens is 1. The summed E-state index contributed by atoms with van der Waals surface area (Å²) in [5, 5.41) is 14.2. The number of rotatable bonds is 5. The summed E-state index contributed by atoms with van der Waals surface area (Å²) >= 11 is 0. The first-order valence-electron chi connectivity index (χ1n) is 10.9. The van der Waals surface area contributed by atoms with Crippen LogP contribution in [0.5, 0.6) is 0 Å². The molecule has 0 saturated carbocycles. The van der Waals surface area contributed by atoms with Crippen LogP contribution in [-0.4, -0.2) is 56.3 Å². The number of pyridine rings is 1. The third-order valence-electron chi connectivity index (χ3n) is 5.86. The van der Waals surface area contributed by atoms with Gasteiger partial charge >= 0.3 is 0 Å². The number of carbonyl (C=O) groups is 1. The maximum Gasteiger partial charge on any atom is 0.281 e. The minimum Gasteiger partial charge on any atom is -0.378 e. The third kappa shape index (κ3) is 4.50. The molecule has 2 fully saturated rings. The first kappa shape index (κ1) is 19.8. The van der Waals surface area contributed by atoms with E-state index in [-0.39, 0.29) is 5.91 Å². The van der Waals surface area contributed by atoms with Gasteiger partial charge in [0.1, 0.15) is 11.6 Å². The van der Waals surface area contributed by atoms with Crippen molar-refractivity contribution in [2.75, 3.05) is 54.9 Å². The lowest BCUT2D eigenvalue weighted by molar-refractivity contribution is 0.0965. The summed E-state index contributed by atoms with van der Waals surface area (Å²) < 4.78 is 5.43. The number of hydrogen-bond acceptors (Lipinski definition) is 7. The fraction of sp³-hybridized carbons (Fsp3) is 0.391. The Kier molecular flexibility index (Phi) is 5.73. The largest absolute Gasteiger partial charge is 0.378 e. The monoisotopic (exact) mass is 419 g/mol. The average Bonchev–Trinajstić information content (AvgIpc) is 2.81. The standard InChI is InChI=1S/C23H27N6O2/c30-23-21-16(7-9-25-23)14-20(26-18-2-1-8-24-15-18)28-22(21)27-17-3-5-19(6-4-17)29-10-12-31-13-11-29/h3-7,9,14,18,24H,1-2,8,10-13,15H2,(H2,26,27,28)/t18-/m1/s1. The number of fused-ring (bicyclic) bond motifs is 1. The van der Waals surface area contributed by atoms with Gasteiger partial charge in [-0.1, -0.05) is 0 Å². The molecule has 3 N–H and O–H groups in total. The summed E-state index contributed by atoms with van der Waals surface area (Å²) in [6.07, 6.45) is 5.65. The Morgan fingerprint density at radius 1 is 1.16 bits per heavy atom. The van der Waals surface area contributed by atoms with Gasteiger partial charge in [0.25, 0.3) is 5.91 Å². The van der Waals surface area contributed by atoms with Crippen molar-refractivity contribution < 1.29 is 9.53 Å². The zero-order valence-corrected chi connectivity index (χ0v) is 17.4. The average molecular weight is 420 g/mol. The molecule has 1 atom stereocenters. The van der Waals surface area contributed by atoms with Crippen LogP contribution in [-0.2, 0) is 4.74 Å². The molecule has 8 nitrogen and oxygen atoms in total. The van der Waals surface area contributed by atoms with Gasteiger partial charge in [-0.25, -0.2) is 10.3 Å². The summed E-state index contributed by atoms with van der Waals surface area (Å²) in [4.78, 5) is 19.6. The first-order chi connectivity index (χ1) is 15.3. The highest BCUT2D eigenvalue weighted by atomic mass is 16.5. The lowest BCUT2D eigenvalue weighted by atomic mass is 10.0. The molecule has 1 amide bonds. The lowest BCUT2D eigenvalue weighted by Gasteiger charge is -2.29. The number of nitrogens with one attached hydrogen (secondary N) is 3. The number of piperidine rings is 1. The molecule has 3 aliphatic rings. The molecular formula is C23H27N6O2. The van der Waals surface area contributed by atoms with Gasteiger partial charge < -0.3 is 25.6 Å². The Hall–Kier alpha value is -3.10. The molecule has 1 aromatic carbocycles. The van der Waals surface area contributed by atoms with Crippen LogP contribution < -0.4 is 26.2 Å². The minimum atomic E-state index is -0.275. The molecule has 1 radical (unpaired) electrons. The second kappa shape index (κ2) is 8.95. The zero-order chi connectivity index (χ0) is 21.0. The Morgan fingerprint density at radius 3 is 2.77 bits per heavy atom. The van der Waals surface area contributed by atoms with E-state index in [0.717, 1.165) is 75.0 Å². The molecule has 2 saturated heterocycles. The van der Waals surface area contributed by atoms with Gasteiger partial charge in [0.05, 0.1) is 18.8 Å². The summed E-state index contributed by atoms with van der Waals surface area (Å²) in [6.45, 7) is 5.27. The van der Waals surface area contributed by atoms with Gasteiger partial charge in [-0.3, -0.25) is 4.79 Å². The van der Waals surface area contributed by atoms with Gasteiger partial charge in [-0.2, -0.15) is 0 Å². The predicted octanol–water partition coefficient (Wildman–Crippen LogP) is 2.55. The van der Waals surface area contributed by atoms with E-state index in [1.54, 1.807) is 6.20 Å². The maximum atomic E-state index is 12.5. The van der Waals surface area contributed by atoms with Crippen LogP contribution in [0.25, 0.3) is 6.08 Å². The van der Waals surface area contributed by atoms with E-state index in [0.29, 0.717) is 17.4 Å². The molecule has 2 aromatic rings. The van der Waals surface area contributed by atoms with E-state index >= 15 is 0 Å².